The summed E-state index contributed by atoms with van der Waals surface area (Å²) in [5.74, 6) is -0.754. The third kappa shape index (κ3) is 3.89. The number of methoxy groups -OCH3 is 1. The Labute approximate surface area is 108 Å². The van der Waals surface area contributed by atoms with Crippen LogP contribution in [-0.2, 0) is 22.5 Å². The van der Waals surface area contributed by atoms with Gasteiger partial charge < -0.3 is 15.2 Å². The second-order valence-electron chi connectivity index (χ2n) is 3.56. The van der Waals surface area contributed by atoms with Crippen LogP contribution in [-0.4, -0.2) is 19.7 Å². The topological polar surface area (TPSA) is 85.3 Å². The molecule has 0 aromatic heterocycles. The molecule has 0 bridgehead atoms. The van der Waals surface area contributed by atoms with Gasteiger partial charge in [0.2, 0.25) is 0 Å². The molecule has 2 N–H and O–H groups in total. The van der Waals surface area contributed by atoms with Gasteiger partial charge in [-0.1, -0.05) is 0 Å². The van der Waals surface area contributed by atoms with Crippen LogP contribution in [0.5, 0.6) is 5.75 Å². The highest BCUT2D eigenvalue weighted by molar-refractivity contribution is 5.73. The van der Waals surface area contributed by atoms with Crippen molar-refractivity contribution in [3.63, 3.8) is 0 Å². The molecular weight excluding hydrogens is 258 g/mol. The number of ether oxygens (including phenoxy) is 2. The summed E-state index contributed by atoms with van der Waals surface area (Å²) in [6, 6.07) is 4.25. The van der Waals surface area contributed by atoms with Crippen molar-refractivity contribution in [3.8, 4) is 11.8 Å². The Morgan fingerprint density at radius 3 is 2.68 bits per heavy atom. The number of benzene rings is 1. The first-order valence-electron chi connectivity index (χ1n) is 5.29. The minimum Gasteiger partial charge on any atom is -0.469 e. The average Bonchev–Trinajstić information content (AvgIpc) is 2.37. The monoisotopic (exact) mass is 270 g/mol. The summed E-state index contributed by atoms with van der Waals surface area (Å²) in [5, 5.41) is 8.96. The van der Waals surface area contributed by atoms with Gasteiger partial charge >= 0.3 is 12.6 Å². The van der Waals surface area contributed by atoms with Gasteiger partial charge in [0.25, 0.3) is 0 Å². The first-order valence-corrected chi connectivity index (χ1v) is 5.29. The number of hydrogen-bond donors (Lipinski definition) is 1. The maximum atomic E-state index is 12.2. The third-order valence-corrected chi connectivity index (χ3v) is 2.43. The predicted octanol–water partition coefficient (Wildman–Crippen LogP) is 1.33. The molecule has 0 fully saturated rings. The molecule has 0 atom stereocenters. The Balaban J connectivity index is 3.24. The normalized spacial score (nSPS) is 10.1. The molecule has 0 radical (unpaired) electrons. The zero-order valence-corrected chi connectivity index (χ0v) is 10.2. The molecule has 0 unspecified atom stereocenters. The fourth-order valence-corrected chi connectivity index (χ4v) is 1.60. The van der Waals surface area contributed by atoms with Crippen LogP contribution in [0.15, 0.2) is 12.1 Å². The van der Waals surface area contributed by atoms with Crippen LogP contribution < -0.4 is 10.5 Å². The maximum Gasteiger partial charge on any atom is 0.387 e. The zero-order valence-electron chi connectivity index (χ0n) is 10.2. The van der Waals surface area contributed by atoms with Crippen molar-refractivity contribution < 1.29 is 23.0 Å². The summed E-state index contributed by atoms with van der Waals surface area (Å²) in [5.41, 5.74) is 6.35. The first kappa shape index (κ1) is 14.9. The Hall–Kier alpha value is -2.20. The lowest BCUT2D eigenvalue weighted by molar-refractivity contribution is -0.139. The van der Waals surface area contributed by atoms with E-state index < -0.39 is 12.6 Å². The number of halogens is 2. The molecule has 19 heavy (non-hydrogen) atoms. The van der Waals surface area contributed by atoms with Gasteiger partial charge in [-0.2, -0.15) is 14.0 Å². The van der Waals surface area contributed by atoms with E-state index in [1.165, 1.54) is 13.2 Å². The van der Waals surface area contributed by atoms with Crippen LogP contribution in [0.3, 0.4) is 0 Å². The molecule has 0 spiro atoms. The fraction of sp³-hybridized carbons (Fsp3) is 0.333. The lowest BCUT2D eigenvalue weighted by atomic mass is 9.99. The standard InChI is InChI=1S/C12H12F2N2O3/c1-18-11(17)4-7-2-9(19-12(13)14)3-8(5-15)10(7)6-16/h2-3,12H,4,6,16H2,1H3. The molecule has 0 aliphatic rings. The smallest absolute Gasteiger partial charge is 0.387 e. The molecule has 1 aromatic carbocycles. The Bertz CT molecular complexity index is 512. The molecular formula is C12H12F2N2O3. The molecule has 1 aromatic rings. The van der Waals surface area contributed by atoms with E-state index in [2.05, 4.69) is 9.47 Å². The summed E-state index contributed by atoms with van der Waals surface area (Å²) >= 11 is 0. The van der Waals surface area contributed by atoms with Gasteiger partial charge in [0, 0.05) is 6.54 Å². The SMILES string of the molecule is COC(=O)Cc1cc(OC(F)F)cc(C#N)c1CN. The van der Waals surface area contributed by atoms with E-state index in [-0.39, 0.29) is 24.3 Å². The molecule has 0 heterocycles. The minimum atomic E-state index is -3.01. The van der Waals surface area contributed by atoms with E-state index in [9.17, 15) is 13.6 Å². The summed E-state index contributed by atoms with van der Waals surface area (Å²) in [6.45, 7) is -3.01. The van der Waals surface area contributed by atoms with E-state index in [0.29, 0.717) is 11.1 Å². The molecule has 5 nitrogen and oxygen atoms in total. The van der Waals surface area contributed by atoms with Gasteiger partial charge in [0.1, 0.15) is 5.75 Å². The van der Waals surface area contributed by atoms with Gasteiger partial charge in [0.15, 0.2) is 0 Å². The van der Waals surface area contributed by atoms with Crippen LogP contribution >= 0.6 is 0 Å². The summed E-state index contributed by atoms with van der Waals surface area (Å²) < 4.78 is 33.1. The molecule has 0 amide bonds. The van der Waals surface area contributed by atoms with E-state index in [1.54, 1.807) is 0 Å². The van der Waals surface area contributed by atoms with Gasteiger partial charge in [-0.25, -0.2) is 0 Å². The highest BCUT2D eigenvalue weighted by atomic mass is 19.3. The zero-order chi connectivity index (χ0) is 14.4. The van der Waals surface area contributed by atoms with Crippen molar-refractivity contribution in [3.05, 3.63) is 28.8 Å². The average molecular weight is 270 g/mol. The van der Waals surface area contributed by atoms with E-state index in [4.69, 9.17) is 11.0 Å². The van der Waals surface area contributed by atoms with E-state index in [1.807, 2.05) is 6.07 Å². The van der Waals surface area contributed by atoms with Gasteiger partial charge in [-0.3, -0.25) is 4.79 Å². The van der Waals surface area contributed by atoms with Crippen LogP contribution in [0.1, 0.15) is 16.7 Å². The summed E-state index contributed by atoms with van der Waals surface area (Å²) in [6.07, 6.45) is -0.169. The van der Waals surface area contributed by atoms with Gasteiger partial charge in [-0.05, 0) is 23.3 Å². The maximum absolute atomic E-state index is 12.2. The molecule has 0 saturated carbocycles. The van der Waals surface area contributed by atoms with Gasteiger partial charge in [0.05, 0.1) is 25.2 Å². The number of nitriles is 1. The number of rotatable bonds is 5. The first-order chi connectivity index (χ1) is 9.01. The summed E-state index contributed by atoms with van der Waals surface area (Å²) in [7, 11) is 1.20. The van der Waals surface area contributed by atoms with Crippen molar-refractivity contribution in [2.45, 2.75) is 19.6 Å². The number of alkyl halides is 2. The number of esters is 1. The number of nitrogens with zero attached hydrogens (tertiary/aromatic N) is 1. The van der Waals surface area contributed by atoms with Crippen molar-refractivity contribution >= 4 is 5.97 Å². The number of hydrogen-bond acceptors (Lipinski definition) is 5. The largest absolute Gasteiger partial charge is 0.469 e. The Morgan fingerprint density at radius 1 is 1.53 bits per heavy atom. The summed E-state index contributed by atoms with van der Waals surface area (Å²) in [4.78, 5) is 11.2. The van der Waals surface area contributed by atoms with Crippen LogP contribution in [0.4, 0.5) is 8.78 Å². The Kier molecular flexibility index (Phi) is 5.21. The minimum absolute atomic E-state index is 0.00415. The molecule has 102 valence electrons. The van der Waals surface area contributed by atoms with Crippen LogP contribution in [0.25, 0.3) is 0 Å². The van der Waals surface area contributed by atoms with Crippen molar-refractivity contribution in [2.24, 2.45) is 5.73 Å². The molecule has 0 aliphatic carbocycles. The highest BCUT2D eigenvalue weighted by Crippen LogP contribution is 2.24. The molecule has 1 rings (SSSR count). The molecule has 0 saturated heterocycles. The predicted molar refractivity (Wildman–Crippen MR) is 61.4 cm³/mol. The second-order valence-corrected chi connectivity index (χ2v) is 3.56. The van der Waals surface area contributed by atoms with E-state index in [0.717, 1.165) is 6.07 Å². The second kappa shape index (κ2) is 6.66. The molecule has 7 heteroatoms. The van der Waals surface area contributed by atoms with Crippen molar-refractivity contribution in [1.82, 2.24) is 0 Å². The molecule has 0 aliphatic heterocycles. The van der Waals surface area contributed by atoms with Crippen molar-refractivity contribution in [2.75, 3.05) is 7.11 Å². The fourth-order valence-electron chi connectivity index (χ4n) is 1.60. The highest BCUT2D eigenvalue weighted by Gasteiger charge is 2.15. The van der Waals surface area contributed by atoms with Crippen molar-refractivity contribution in [1.29, 1.82) is 5.26 Å². The lowest BCUT2D eigenvalue weighted by Gasteiger charge is -2.12. The Morgan fingerprint density at radius 2 is 2.21 bits per heavy atom. The quantitative estimate of drug-likeness (QED) is 0.816. The lowest BCUT2D eigenvalue weighted by Crippen LogP contribution is -2.12. The number of carbonyl (C=O) groups is 1. The van der Waals surface area contributed by atoms with Crippen LogP contribution in [0.2, 0.25) is 0 Å². The third-order valence-electron chi connectivity index (χ3n) is 2.43. The van der Waals surface area contributed by atoms with Gasteiger partial charge in [-0.15, -0.1) is 0 Å². The number of carbonyl (C=O) groups excluding carboxylic acids is 1. The number of nitrogens with two attached hydrogens (primary N) is 1. The van der Waals surface area contributed by atoms with Crippen LogP contribution in [0, 0.1) is 11.3 Å². The van der Waals surface area contributed by atoms with E-state index >= 15 is 0 Å².